The molecule has 2 aliphatic rings. The average Bonchev–Trinajstić information content (AvgIpc) is 3.21. The number of hydrogen-bond donors (Lipinski definition) is 1. The second kappa shape index (κ2) is 11.4. The number of guanidine groups is 1. The predicted octanol–water partition coefficient (Wildman–Crippen LogP) is 1.01. The molecule has 26 heavy (non-hydrogen) atoms. The molecule has 2 saturated heterocycles. The maximum atomic E-state index is 12.5. The van der Waals surface area contributed by atoms with Gasteiger partial charge in [-0.2, -0.15) is 0 Å². The van der Waals surface area contributed by atoms with Crippen molar-refractivity contribution in [2.24, 2.45) is 4.99 Å². The monoisotopic (exact) mass is 367 g/mol. The van der Waals surface area contributed by atoms with Gasteiger partial charge in [0.1, 0.15) is 6.10 Å². The van der Waals surface area contributed by atoms with Gasteiger partial charge in [-0.15, -0.1) is 0 Å². The van der Waals surface area contributed by atoms with Crippen LogP contribution in [0.1, 0.15) is 40.0 Å². The van der Waals surface area contributed by atoms with E-state index in [1.54, 1.807) is 0 Å². The number of amides is 1. The molecule has 7 heteroatoms. The van der Waals surface area contributed by atoms with Crippen LogP contribution in [0.3, 0.4) is 0 Å². The van der Waals surface area contributed by atoms with Gasteiger partial charge in [-0.1, -0.05) is 13.8 Å². The van der Waals surface area contributed by atoms with E-state index in [1.165, 1.54) is 6.42 Å². The zero-order valence-electron chi connectivity index (χ0n) is 16.9. The highest BCUT2D eigenvalue weighted by molar-refractivity contribution is 5.82. The summed E-state index contributed by atoms with van der Waals surface area (Å²) in [4.78, 5) is 24.0. The van der Waals surface area contributed by atoms with Crippen LogP contribution in [-0.4, -0.2) is 98.2 Å². The first-order chi connectivity index (χ1) is 12.7. The number of ether oxygens (including phenoxy) is 1. The molecule has 2 aliphatic heterocycles. The number of rotatable bonds is 8. The lowest BCUT2D eigenvalue weighted by molar-refractivity contribution is -0.142. The van der Waals surface area contributed by atoms with E-state index in [-0.39, 0.29) is 12.0 Å². The van der Waals surface area contributed by atoms with Gasteiger partial charge in [-0.3, -0.25) is 9.79 Å². The summed E-state index contributed by atoms with van der Waals surface area (Å²) < 4.78 is 5.54. The van der Waals surface area contributed by atoms with Crippen molar-refractivity contribution in [1.82, 2.24) is 20.0 Å². The van der Waals surface area contributed by atoms with E-state index in [9.17, 15) is 4.79 Å². The van der Waals surface area contributed by atoms with E-state index in [0.29, 0.717) is 0 Å². The van der Waals surface area contributed by atoms with Crippen LogP contribution in [0.2, 0.25) is 0 Å². The van der Waals surface area contributed by atoms with Gasteiger partial charge in [-0.25, -0.2) is 0 Å². The average molecular weight is 368 g/mol. The van der Waals surface area contributed by atoms with E-state index in [2.05, 4.69) is 35.9 Å². The summed E-state index contributed by atoms with van der Waals surface area (Å²) in [5.74, 6) is 1.14. The lowest BCUT2D eigenvalue weighted by atomic mass is 10.2. The molecule has 0 radical (unpaired) electrons. The van der Waals surface area contributed by atoms with Crippen molar-refractivity contribution in [2.45, 2.75) is 46.1 Å². The second-order valence-electron chi connectivity index (χ2n) is 6.98. The van der Waals surface area contributed by atoms with Crippen LogP contribution in [0.25, 0.3) is 0 Å². The second-order valence-corrected chi connectivity index (χ2v) is 6.98. The molecule has 150 valence electrons. The first-order valence-corrected chi connectivity index (χ1v) is 10.4. The third-order valence-electron chi connectivity index (χ3n) is 5.10. The van der Waals surface area contributed by atoms with Crippen LogP contribution in [-0.2, 0) is 9.53 Å². The van der Waals surface area contributed by atoms with Gasteiger partial charge in [0.15, 0.2) is 5.96 Å². The first kappa shape index (κ1) is 21.0. The largest absolute Gasteiger partial charge is 0.368 e. The van der Waals surface area contributed by atoms with Gasteiger partial charge in [0.2, 0.25) is 0 Å². The van der Waals surface area contributed by atoms with Crippen molar-refractivity contribution in [3.63, 3.8) is 0 Å². The molecular formula is C19H37N5O2. The molecule has 0 aromatic heterocycles. The number of likely N-dealkylation sites (N-methyl/N-ethyl adjacent to an activating group) is 1. The standard InChI is InChI=1S/C19H37N5O2/c1-4-10-22(6-3)11-9-21-19(20-5-2)24-14-12-23(13-15-24)18(25)17-8-7-16-26-17/h17H,4-16H2,1-3H3,(H,20,21). The molecule has 0 aromatic carbocycles. The summed E-state index contributed by atoms with van der Waals surface area (Å²) in [5, 5.41) is 3.40. The lowest BCUT2D eigenvalue weighted by Crippen LogP contribution is -2.55. The Morgan fingerprint density at radius 2 is 1.88 bits per heavy atom. The zero-order chi connectivity index (χ0) is 18.8. The Balaban J connectivity index is 1.82. The van der Waals surface area contributed by atoms with Gasteiger partial charge in [0, 0.05) is 45.9 Å². The molecule has 2 rings (SSSR count). The van der Waals surface area contributed by atoms with E-state index in [4.69, 9.17) is 9.73 Å². The highest BCUT2D eigenvalue weighted by atomic mass is 16.5. The summed E-state index contributed by atoms with van der Waals surface area (Å²) in [6.07, 6.45) is 2.84. The molecule has 0 saturated carbocycles. The molecule has 1 amide bonds. The van der Waals surface area contributed by atoms with Crippen molar-refractivity contribution in [3.8, 4) is 0 Å². The molecule has 0 spiro atoms. The Morgan fingerprint density at radius 3 is 2.46 bits per heavy atom. The van der Waals surface area contributed by atoms with E-state index >= 15 is 0 Å². The number of hydrogen-bond acceptors (Lipinski definition) is 4. The van der Waals surface area contributed by atoms with Gasteiger partial charge in [0.25, 0.3) is 5.91 Å². The normalized spacial score (nSPS) is 21.5. The van der Waals surface area contributed by atoms with Crippen LogP contribution in [0.15, 0.2) is 4.99 Å². The van der Waals surface area contributed by atoms with Crippen molar-refractivity contribution < 1.29 is 9.53 Å². The first-order valence-electron chi connectivity index (χ1n) is 10.4. The van der Waals surface area contributed by atoms with E-state index in [0.717, 1.165) is 84.3 Å². The quantitative estimate of drug-likeness (QED) is 0.512. The van der Waals surface area contributed by atoms with Crippen LogP contribution in [0, 0.1) is 0 Å². The number of piperazine rings is 1. The molecule has 2 fully saturated rings. The van der Waals surface area contributed by atoms with Crippen molar-refractivity contribution in [3.05, 3.63) is 0 Å². The van der Waals surface area contributed by atoms with Gasteiger partial charge >= 0.3 is 0 Å². The number of carbonyl (C=O) groups is 1. The third-order valence-corrected chi connectivity index (χ3v) is 5.10. The highest BCUT2D eigenvalue weighted by Crippen LogP contribution is 2.16. The van der Waals surface area contributed by atoms with Crippen LogP contribution in [0.5, 0.6) is 0 Å². The van der Waals surface area contributed by atoms with Crippen molar-refractivity contribution in [2.75, 3.05) is 65.5 Å². The minimum Gasteiger partial charge on any atom is -0.368 e. The fourth-order valence-electron chi connectivity index (χ4n) is 3.58. The number of aliphatic imine (C=N–C) groups is 1. The third kappa shape index (κ3) is 6.13. The predicted molar refractivity (Wildman–Crippen MR) is 106 cm³/mol. The van der Waals surface area contributed by atoms with Crippen molar-refractivity contribution in [1.29, 1.82) is 0 Å². The van der Waals surface area contributed by atoms with Gasteiger partial charge < -0.3 is 24.8 Å². The topological polar surface area (TPSA) is 60.4 Å². The lowest BCUT2D eigenvalue weighted by Gasteiger charge is -2.37. The molecule has 1 N–H and O–H groups in total. The molecule has 0 aliphatic carbocycles. The molecule has 0 aromatic rings. The maximum Gasteiger partial charge on any atom is 0.251 e. The number of nitrogens with one attached hydrogen (secondary N) is 1. The van der Waals surface area contributed by atoms with Gasteiger partial charge in [0.05, 0.1) is 6.54 Å². The minimum absolute atomic E-state index is 0.169. The fourth-order valence-corrected chi connectivity index (χ4v) is 3.58. The van der Waals surface area contributed by atoms with E-state index < -0.39 is 0 Å². The van der Waals surface area contributed by atoms with Crippen LogP contribution >= 0.6 is 0 Å². The van der Waals surface area contributed by atoms with Gasteiger partial charge in [-0.05, 0) is 39.3 Å². The Hall–Kier alpha value is -1.34. The highest BCUT2D eigenvalue weighted by Gasteiger charge is 2.30. The van der Waals surface area contributed by atoms with Crippen LogP contribution in [0.4, 0.5) is 0 Å². The number of nitrogens with zero attached hydrogens (tertiary/aromatic N) is 4. The summed E-state index contributed by atoms with van der Waals surface area (Å²) in [6.45, 7) is 15.3. The summed E-state index contributed by atoms with van der Waals surface area (Å²) >= 11 is 0. The molecular weight excluding hydrogens is 330 g/mol. The smallest absolute Gasteiger partial charge is 0.251 e. The Labute approximate surface area is 158 Å². The fraction of sp³-hybridized carbons (Fsp3) is 0.895. The number of carbonyl (C=O) groups excluding carboxylic acids is 1. The maximum absolute atomic E-state index is 12.5. The Bertz CT molecular complexity index is 443. The molecule has 1 unspecified atom stereocenters. The van der Waals surface area contributed by atoms with E-state index in [1.807, 2.05) is 4.90 Å². The Kier molecular flexibility index (Phi) is 9.18. The molecule has 0 bridgehead atoms. The summed E-state index contributed by atoms with van der Waals surface area (Å²) in [6, 6.07) is 0. The summed E-state index contributed by atoms with van der Waals surface area (Å²) in [7, 11) is 0. The minimum atomic E-state index is -0.206. The molecule has 7 nitrogen and oxygen atoms in total. The summed E-state index contributed by atoms with van der Waals surface area (Å²) in [5.41, 5.74) is 0. The molecule has 1 atom stereocenters. The van der Waals surface area contributed by atoms with Crippen molar-refractivity contribution >= 4 is 11.9 Å². The Morgan fingerprint density at radius 1 is 1.15 bits per heavy atom. The van der Waals surface area contributed by atoms with Crippen LogP contribution < -0.4 is 5.32 Å². The zero-order valence-corrected chi connectivity index (χ0v) is 16.9. The molecule has 2 heterocycles. The SMILES string of the molecule is CCCN(CC)CCN=C(NCC)N1CCN(C(=O)C2CCCO2)CC1.